The largest absolute Gasteiger partial charge is 0.480 e. The van der Waals surface area contributed by atoms with Gasteiger partial charge >= 0.3 is 5.97 Å². The Balaban J connectivity index is 2.77. The van der Waals surface area contributed by atoms with Crippen molar-refractivity contribution < 1.29 is 29.4 Å². The molecule has 3 amide bonds. The fourth-order valence-electron chi connectivity index (χ4n) is 2.72. The number of hydrogen-bond acceptors (Lipinski definition) is 7. The van der Waals surface area contributed by atoms with Crippen molar-refractivity contribution in [2.45, 2.75) is 70.8 Å². The number of H-pyrrole nitrogens is 1. The molecule has 0 aliphatic carbocycles. The second-order valence-electron chi connectivity index (χ2n) is 7.55. The van der Waals surface area contributed by atoms with Gasteiger partial charge in [0.05, 0.1) is 18.5 Å². The molecule has 0 saturated heterocycles. The Morgan fingerprint density at radius 3 is 2.16 bits per heavy atom. The lowest BCUT2D eigenvalue weighted by molar-refractivity contribution is -0.145. The van der Waals surface area contributed by atoms with Crippen molar-refractivity contribution in [3.63, 3.8) is 0 Å². The van der Waals surface area contributed by atoms with Crippen LogP contribution in [0.1, 0.15) is 39.8 Å². The number of amides is 3. The van der Waals surface area contributed by atoms with Crippen molar-refractivity contribution in [1.29, 1.82) is 0 Å². The van der Waals surface area contributed by atoms with Crippen LogP contribution in [-0.4, -0.2) is 74.1 Å². The first kappa shape index (κ1) is 26.0. The summed E-state index contributed by atoms with van der Waals surface area (Å²) >= 11 is 0. The first-order chi connectivity index (χ1) is 14.5. The predicted octanol–water partition coefficient (Wildman–Crippen LogP) is -1.73. The van der Waals surface area contributed by atoms with Crippen molar-refractivity contribution in [1.82, 2.24) is 25.9 Å². The highest BCUT2D eigenvalue weighted by molar-refractivity contribution is 5.94. The number of nitrogens with two attached hydrogens (primary N) is 1. The molecule has 8 N–H and O–H groups in total. The number of carboxylic acids is 1. The van der Waals surface area contributed by atoms with Crippen molar-refractivity contribution in [3.8, 4) is 0 Å². The molecule has 0 aromatic carbocycles. The Kier molecular flexibility index (Phi) is 10.1. The minimum atomic E-state index is -1.52. The van der Waals surface area contributed by atoms with E-state index in [0.29, 0.717) is 12.1 Å². The summed E-state index contributed by atoms with van der Waals surface area (Å²) in [6.07, 6.45) is 2.46. The summed E-state index contributed by atoms with van der Waals surface area (Å²) in [5.74, 6) is -3.59. The van der Waals surface area contributed by atoms with Gasteiger partial charge in [0.25, 0.3) is 0 Å². The van der Waals surface area contributed by atoms with Crippen LogP contribution in [0, 0.1) is 5.92 Å². The number of hydrogen-bond donors (Lipinski definition) is 7. The van der Waals surface area contributed by atoms with E-state index >= 15 is 0 Å². The molecule has 6 atom stereocenters. The Hall–Kier alpha value is -2.99. The number of aromatic nitrogens is 2. The van der Waals surface area contributed by atoms with Gasteiger partial charge in [-0.25, -0.2) is 9.78 Å². The third kappa shape index (κ3) is 7.98. The normalized spacial score (nSPS) is 16.8. The van der Waals surface area contributed by atoms with Gasteiger partial charge in [-0.05, 0) is 19.8 Å². The van der Waals surface area contributed by atoms with E-state index in [1.165, 1.54) is 20.2 Å². The Morgan fingerprint density at radius 2 is 1.68 bits per heavy atom. The van der Waals surface area contributed by atoms with Gasteiger partial charge in [-0.15, -0.1) is 0 Å². The number of carbonyl (C=O) groups is 4. The van der Waals surface area contributed by atoms with Crippen molar-refractivity contribution in [2.75, 3.05) is 0 Å². The van der Waals surface area contributed by atoms with E-state index in [4.69, 9.17) is 10.8 Å². The van der Waals surface area contributed by atoms with E-state index in [2.05, 4.69) is 25.9 Å². The number of aromatic amines is 1. The van der Waals surface area contributed by atoms with Gasteiger partial charge in [-0.1, -0.05) is 20.3 Å². The number of nitrogens with zero attached hydrogens (tertiary/aromatic N) is 1. The average molecular weight is 441 g/mol. The quantitative estimate of drug-likeness (QED) is 0.199. The molecule has 1 rings (SSSR count). The third-order valence-corrected chi connectivity index (χ3v) is 4.92. The van der Waals surface area contributed by atoms with Crippen LogP contribution in [0.2, 0.25) is 0 Å². The molecule has 0 saturated carbocycles. The van der Waals surface area contributed by atoms with E-state index < -0.39 is 54.0 Å². The van der Waals surface area contributed by atoms with Crippen LogP contribution in [0.15, 0.2) is 12.5 Å². The molecular formula is C19H32N6O6. The van der Waals surface area contributed by atoms with Crippen molar-refractivity contribution in [3.05, 3.63) is 18.2 Å². The number of nitrogens with one attached hydrogen (secondary N) is 4. The first-order valence-electron chi connectivity index (χ1n) is 10.0. The second-order valence-corrected chi connectivity index (χ2v) is 7.55. The highest BCUT2D eigenvalue weighted by Crippen LogP contribution is 2.09. The van der Waals surface area contributed by atoms with E-state index in [0.717, 1.165) is 0 Å². The fourth-order valence-corrected chi connectivity index (χ4v) is 2.72. The van der Waals surface area contributed by atoms with Gasteiger partial charge in [0.2, 0.25) is 17.7 Å². The zero-order valence-corrected chi connectivity index (χ0v) is 18.1. The zero-order chi connectivity index (χ0) is 23.7. The number of carboxylic acid groups (broad SMARTS) is 1. The first-order valence-corrected chi connectivity index (χ1v) is 10.0. The SMILES string of the molecule is CCC(C)C(NC(=O)C(N)Cc1cnc[nH]1)C(=O)NC(C)C(=O)NC(C(=O)O)C(C)O. The molecule has 12 heteroatoms. The Bertz CT molecular complexity index is 753. The van der Waals surface area contributed by atoms with Gasteiger partial charge in [-0.2, -0.15) is 0 Å². The van der Waals surface area contributed by atoms with E-state index in [1.807, 2.05) is 6.92 Å². The fraction of sp³-hybridized carbons (Fsp3) is 0.632. The van der Waals surface area contributed by atoms with E-state index in [1.54, 1.807) is 13.1 Å². The second kappa shape index (κ2) is 12.0. The maximum atomic E-state index is 12.8. The lowest BCUT2D eigenvalue weighted by atomic mass is 9.97. The summed E-state index contributed by atoms with van der Waals surface area (Å²) in [6.45, 7) is 6.21. The lowest BCUT2D eigenvalue weighted by Crippen LogP contribution is -2.59. The number of carbonyl (C=O) groups excluding carboxylic acids is 3. The zero-order valence-electron chi connectivity index (χ0n) is 18.1. The molecule has 0 bridgehead atoms. The highest BCUT2D eigenvalue weighted by Gasteiger charge is 2.32. The number of imidazole rings is 1. The highest BCUT2D eigenvalue weighted by atomic mass is 16.4. The number of aliphatic hydroxyl groups excluding tert-OH is 1. The Labute approximate surface area is 180 Å². The summed E-state index contributed by atoms with van der Waals surface area (Å²) < 4.78 is 0. The summed E-state index contributed by atoms with van der Waals surface area (Å²) in [7, 11) is 0. The summed E-state index contributed by atoms with van der Waals surface area (Å²) in [5.41, 5.74) is 6.59. The summed E-state index contributed by atoms with van der Waals surface area (Å²) in [4.78, 5) is 55.3. The van der Waals surface area contributed by atoms with Crippen LogP contribution in [0.25, 0.3) is 0 Å². The van der Waals surface area contributed by atoms with Crippen molar-refractivity contribution in [2.24, 2.45) is 11.7 Å². The molecule has 0 aliphatic heterocycles. The minimum Gasteiger partial charge on any atom is -0.480 e. The maximum absolute atomic E-state index is 12.8. The minimum absolute atomic E-state index is 0.204. The molecule has 1 aromatic rings. The monoisotopic (exact) mass is 440 g/mol. The van der Waals surface area contributed by atoms with Gasteiger partial charge in [0.1, 0.15) is 12.1 Å². The van der Waals surface area contributed by atoms with Crippen LogP contribution in [0.5, 0.6) is 0 Å². The number of rotatable bonds is 12. The van der Waals surface area contributed by atoms with Crippen LogP contribution in [0.3, 0.4) is 0 Å². The lowest BCUT2D eigenvalue weighted by Gasteiger charge is -2.27. The summed E-state index contributed by atoms with van der Waals surface area (Å²) in [5, 5.41) is 25.8. The van der Waals surface area contributed by atoms with Gasteiger partial charge in [-0.3, -0.25) is 14.4 Å². The van der Waals surface area contributed by atoms with Crippen LogP contribution in [-0.2, 0) is 25.6 Å². The number of aliphatic carboxylic acids is 1. The molecule has 0 fully saturated rings. The standard InChI is InChI=1S/C19H32N6O6/c1-5-9(2)14(24-17(28)13(20)6-12-7-21-8-22-12)18(29)23-10(3)16(27)25-15(11(4)26)19(30)31/h7-11,13-15,26H,5-6,20H2,1-4H3,(H,21,22)(H,23,29)(H,24,28)(H,25,27)(H,30,31). The van der Waals surface area contributed by atoms with Gasteiger partial charge in [0.15, 0.2) is 6.04 Å². The van der Waals surface area contributed by atoms with Crippen LogP contribution < -0.4 is 21.7 Å². The third-order valence-electron chi connectivity index (χ3n) is 4.92. The molecule has 174 valence electrons. The molecule has 1 heterocycles. The Morgan fingerprint density at radius 1 is 1.06 bits per heavy atom. The smallest absolute Gasteiger partial charge is 0.328 e. The number of aliphatic hydroxyl groups is 1. The molecule has 0 aliphatic rings. The maximum Gasteiger partial charge on any atom is 0.328 e. The molecule has 1 aromatic heterocycles. The molecule has 12 nitrogen and oxygen atoms in total. The predicted molar refractivity (Wildman–Crippen MR) is 111 cm³/mol. The van der Waals surface area contributed by atoms with E-state index in [9.17, 15) is 24.3 Å². The molecular weight excluding hydrogens is 408 g/mol. The van der Waals surface area contributed by atoms with Gasteiger partial charge < -0.3 is 36.9 Å². The molecule has 0 spiro atoms. The molecule has 6 unspecified atom stereocenters. The van der Waals surface area contributed by atoms with E-state index in [-0.39, 0.29) is 12.3 Å². The van der Waals surface area contributed by atoms with Crippen LogP contribution in [0.4, 0.5) is 0 Å². The summed E-state index contributed by atoms with van der Waals surface area (Å²) in [6, 6.07) is -4.48. The van der Waals surface area contributed by atoms with Crippen molar-refractivity contribution >= 4 is 23.7 Å². The van der Waals surface area contributed by atoms with Gasteiger partial charge in [0, 0.05) is 18.3 Å². The topological polar surface area (TPSA) is 200 Å². The average Bonchev–Trinajstić information content (AvgIpc) is 3.21. The van der Waals surface area contributed by atoms with Crippen LogP contribution >= 0.6 is 0 Å². The molecule has 31 heavy (non-hydrogen) atoms. The molecule has 0 radical (unpaired) electrons.